The molecule has 0 aromatic carbocycles. The lowest BCUT2D eigenvalue weighted by molar-refractivity contribution is -0.136. The summed E-state index contributed by atoms with van der Waals surface area (Å²) in [6.07, 6.45) is 7.30. The summed E-state index contributed by atoms with van der Waals surface area (Å²) in [6.45, 7) is 3.80. The Morgan fingerprint density at radius 1 is 1.45 bits per heavy atom. The monoisotopic (exact) mass is 276 g/mol. The molecule has 2 heterocycles. The zero-order chi connectivity index (χ0) is 13.9. The van der Waals surface area contributed by atoms with Gasteiger partial charge in [0.2, 0.25) is 5.91 Å². The molecule has 20 heavy (non-hydrogen) atoms. The van der Waals surface area contributed by atoms with Crippen LogP contribution < -0.4 is 5.32 Å². The molecular weight excluding hydrogens is 252 g/mol. The number of hydrogen-bond acceptors (Lipinski definition) is 3. The zero-order valence-corrected chi connectivity index (χ0v) is 12.2. The minimum atomic E-state index is 0.00395. The SMILES string of the molecule is CCC1CCNC(C(=O)N(Cc2ccco2)C2CC2)C1. The maximum Gasteiger partial charge on any atom is 0.240 e. The Labute approximate surface area is 120 Å². The van der Waals surface area contributed by atoms with Gasteiger partial charge in [0.05, 0.1) is 18.8 Å². The Morgan fingerprint density at radius 3 is 2.95 bits per heavy atom. The Hall–Kier alpha value is -1.29. The Bertz CT molecular complexity index is 439. The molecule has 0 radical (unpaired) electrons. The molecule has 4 heteroatoms. The van der Waals surface area contributed by atoms with Gasteiger partial charge < -0.3 is 14.6 Å². The highest BCUT2D eigenvalue weighted by molar-refractivity contribution is 5.82. The highest BCUT2D eigenvalue weighted by Crippen LogP contribution is 2.30. The summed E-state index contributed by atoms with van der Waals surface area (Å²) in [4.78, 5) is 14.8. The van der Waals surface area contributed by atoms with Crippen LogP contribution >= 0.6 is 0 Å². The van der Waals surface area contributed by atoms with E-state index in [9.17, 15) is 4.79 Å². The molecule has 2 unspecified atom stereocenters. The van der Waals surface area contributed by atoms with Crippen molar-refractivity contribution in [1.29, 1.82) is 0 Å². The summed E-state index contributed by atoms with van der Waals surface area (Å²) in [6, 6.07) is 4.27. The third-order valence-electron chi connectivity index (χ3n) is 4.56. The fourth-order valence-corrected chi connectivity index (χ4v) is 3.10. The number of furan rings is 1. The quantitative estimate of drug-likeness (QED) is 0.899. The van der Waals surface area contributed by atoms with E-state index in [-0.39, 0.29) is 11.9 Å². The first-order valence-corrected chi connectivity index (χ1v) is 7.84. The lowest BCUT2D eigenvalue weighted by atomic mass is 9.90. The summed E-state index contributed by atoms with van der Waals surface area (Å²) in [5.41, 5.74) is 0. The van der Waals surface area contributed by atoms with Crippen LogP contribution in [0.3, 0.4) is 0 Å². The van der Waals surface area contributed by atoms with Gasteiger partial charge in [0.1, 0.15) is 5.76 Å². The normalized spacial score (nSPS) is 26.4. The van der Waals surface area contributed by atoms with Gasteiger partial charge in [0.25, 0.3) is 0 Å². The van der Waals surface area contributed by atoms with Gasteiger partial charge in [-0.05, 0) is 50.3 Å². The molecule has 3 rings (SSSR count). The van der Waals surface area contributed by atoms with Crippen LogP contribution in [0.25, 0.3) is 0 Å². The minimum Gasteiger partial charge on any atom is -0.467 e. The molecular formula is C16H24N2O2. The highest BCUT2D eigenvalue weighted by atomic mass is 16.3. The molecule has 1 saturated carbocycles. The van der Waals surface area contributed by atoms with Crippen LogP contribution in [0, 0.1) is 5.92 Å². The number of nitrogens with zero attached hydrogens (tertiary/aromatic N) is 1. The zero-order valence-electron chi connectivity index (χ0n) is 12.2. The van der Waals surface area contributed by atoms with Crippen molar-refractivity contribution in [3.8, 4) is 0 Å². The van der Waals surface area contributed by atoms with Gasteiger partial charge in [0, 0.05) is 6.04 Å². The van der Waals surface area contributed by atoms with Crippen LogP contribution in [0.15, 0.2) is 22.8 Å². The number of carbonyl (C=O) groups excluding carboxylic acids is 1. The van der Waals surface area contributed by atoms with Crippen LogP contribution in [-0.4, -0.2) is 29.4 Å². The smallest absolute Gasteiger partial charge is 0.240 e. The number of amides is 1. The molecule has 110 valence electrons. The average molecular weight is 276 g/mol. The average Bonchev–Trinajstić information content (AvgIpc) is 3.20. The number of rotatable bonds is 5. The third kappa shape index (κ3) is 3.06. The standard InChI is InChI=1S/C16H24N2O2/c1-2-12-7-8-17-15(10-12)16(19)18(13-5-6-13)11-14-4-3-9-20-14/h3-4,9,12-13,15,17H,2,5-8,10-11H2,1H3. The van der Waals surface area contributed by atoms with Crippen molar-refractivity contribution in [2.75, 3.05) is 6.54 Å². The minimum absolute atomic E-state index is 0.00395. The van der Waals surface area contributed by atoms with Crippen LogP contribution in [0.2, 0.25) is 0 Å². The molecule has 1 saturated heterocycles. The van der Waals surface area contributed by atoms with E-state index < -0.39 is 0 Å². The molecule has 1 aromatic rings. The molecule has 2 atom stereocenters. The first-order valence-electron chi connectivity index (χ1n) is 7.84. The highest BCUT2D eigenvalue weighted by Gasteiger charge is 2.37. The summed E-state index contributed by atoms with van der Waals surface area (Å²) in [7, 11) is 0. The van der Waals surface area contributed by atoms with Crippen molar-refractivity contribution in [3.05, 3.63) is 24.2 Å². The number of nitrogens with one attached hydrogen (secondary N) is 1. The van der Waals surface area contributed by atoms with Gasteiger partial charge in [-0.25, -0.2) is 0 Å². The Morgan fingerprint density at radius 2 is 2.30 bits per heavy atom. The largest absolute Gasteiger partial charge is 0.467 e. The second kappa shape index (κ2) is 6.00. The maximum absolute atomic E-state index is 12.8. The van der Waals surface area contributed by atoms with E-state index in [4.69, 9.17) is 4.42 Å². The van der Waals surface area contributed by atoms with E-state index in [0.717, 1.165) is 31.6 Å². The van der Waals surface area contributed by atoms with Gasteiger partial charge in [-0.2, -0.15) is 0 Å². The molecule has 0 bridgehead atoms. The molecule has 4 nitrogen and oxygen atoms in total. The number of carbonyl (C=O) groups is 1. The van der Waals surface area contributed by atoms with Crippen molar-refractivity contribution in [2.24, 2.45) is 5.92 Å². The molecule has 0 spiro atoms. The second-order valence-corrected chi connectivity index (χ2v) is 6.08. The second-order valence-electron chi connectivity index (χ2n) is 6.08. The molecule has 1 aliphatic carbocycles. The van der Waals surface area contributed by atoms with E-state index in [1.807, 2.05) is 17.0 Å². The van der Waals surface area contributed by atoms with Gasteiger partial charge in [-0.15, -0.1) is 0 Å². The van der Waals surface area contributed by atoms with E-state index >= 15 is 0 Å². The summed E-state index contributed by atoms with van der Waals surface area (Å²) < 4.78 is 5.41. The fraction of sp³-hybridized carbons (Fsp3) is 0.688. The Kier molecular flexibility index (Phi) is 4.10. The van der Waals surface area contributed by atoms with E-state index in [2.05, 4.69) is 12.2 Å². The van der Waals surface area contributed by atoms with Crippen LogP contribution in [0.5, 0.6) is 0 Å². The number of piperidine rings is 1. The summed E-state index contributed by atoms with van der Waals surface area (Å²) in [5.74, 6) is 1.84. The van der Waals surface area contributed by atoms with Gasteiger partial charge >= 0.3 is 0 Å². The first kappa shape index (κ1) is 13.7. The van der Waals surface area contributed by atoms with Crippen LogP contribution in [0.1, 0.15) is 44.8 Å². The molecule has 1 aromatic heterocycles. The predicted molar refractivity (Wildman–Crippen MR) is 77.1 cm³/mol. The molecule has 1 N–H and O–H groups in total. The van der Waals surface area contributed by atoms with Crippen molar-refractivity contribution in [1.82, 2.24) is 10.2 Å². The van der Waals surface area contributed by atoms with Crippen molar-refractivity contribution >= 4 is 5.91 Å². The lowest BCUT2D eigenvalue weighted by Crippen LogP contribution is -2.50. The molecule has 2 aliphatic rings. The van der Waals surface area contributed by atoms with Crippen LogP contribution in [-0.2, 0) is 11.3 Å². The Balaban J connectivity index is 1.66. The lowest BCUT2D eigenvalue weighted by Gasteiger charge is -2.33. The van der Waals surface area contributed by atoms with Gasteiger partial charge in [0.15, 0.2) is 0 Å². The van der Waals surface area contributed by atoms with Crippen molar-refractivity contribution in [3.63, 3.8) is 0 Å². The maximum atomic E-state index is 12.8. The molecule has 1 amide bonds. The van der Waals surface area contributed by atoms with Crippen molar-refractivity contribution in [2.45, 2.75) is 57.7 Å². The number of hydrogen-bond donors (Lipinski definition) is 1. The van der Waals surface area contributed by atoms with E-state index in [0.29, 0.717) is 18.5 Å². The van der Waals surface area contributed by atoms with Crippen molar-refractivity contribution < 1.29 is 9.21 Å². The first-order chi connectivity index (χ1) is 9.78. The topological polar surface area (TPSA) is 45.5 Å². The molecule has 1 aliphatic heterocycles. The van der Waals surface area contributed by atoms with Gasteiger partial charge in [-0.3, -0.25) is 4.79 Å². The fourth-order valence-electron chi connectivity index (χ4n) is 3.10. The predicted octanol–water partition coefficient (Wildman–Crippen LogP) is 2.55. The van der Waals surface area contributed by atoms with Crippen LogP contribution in [0.4, 0.5) is 0 Å². The summed E-state index contributed by atoms with van der Waals surface area (Å²) >= 11 is 0. The van der Waals surface area contributed by atoms with E-state index in [1.165, 1.54) is 12.8 Å². The third-order valence-corrected chi connectivity index (χ3v) is 4.56. The van der Waals surface area contributed by atoms with E-state index in [1.54, 1.807) is 6.26 Å². The van der Waals surface area contributed by atoms with Gasteiger partial charge in [-0.1, -0.05) is 13.3 Å². The summed E-state index contributed by atoms with van der Waals surface area (Å²) in [5, 5.41) is 3.40. The molecule has 2 fully saturated rings.